The maximum absolute atomic E-state index is 12.4. The highest BCUT2D eigenvalue weighted by Crippen LogP contribution is 2.32. The fourth-order valence-corrected chi connectivity index (χ4v) is 3.72. The van der Waals surface area contributed by atoms with Crippen LogP contribution in [0.25, 0.3) is 0 Å². The Morgan fingerprint density at radius 1 is 1.24 bits per heavy atom. The number of hydrogen-bond donors (Lipinski definition) is 2. The largest absolute Gasteiger partial charge is 0.376 e. The summed E-state index contributed by atoms with van der Waals surface area (Å²) < 4.78 is 5.62. The second-order valence-electron chi connectivity index (χ2n) is 6.79. The molecule has 3 atom stereocenters. The quantitative estimate of drug-likeness (QED) is 0.759. The number of unbranched alkanes of at least 4 members (excludes halogenated alkanes) is 1. The average molecular weight is 296 g/mol. The van der Waals surface area contributed by atoms with Crippen molar-refractivity contribution in [2.75, 3.05) is 6.61 Å². The van der Waals surface area contributed by atoms with Crippen LogP contribution in [0.15, 0.2) is 0 Å². The van der Waals surface area contributed by atoms with Crippen LogP contribution in [0.5, 0.6) is 0 Å². The zero-order chi connectivity index (χ0) is 15.2. The molecule has 2 aliphatic rings. The van der Waals surface area contributed by atoms with Gasteiger partial charge in [0.25, 0.3) is 0 Å². The van der Waals surface area contributed by atoms with Gasteiger partial charge in [-0.2, -0.15) is 0 Å². The Kier molecular flexibility index (Phi) is 6.49. The zero-order valence-electron chi connectivity index (χ0n) is 13.6. The highest BCUT2D eigenvalue weighted by atomic mass is 16.5. The van der Waals surface area contributed by atoms with Crippen LogP contribution in [-0.2, 0) is 9.53 Å². The molecule has 4 heteroatoms. The molecule has 2 fully saturated rings. The summed E-state index contributed by atoms with van der Waals surface area (Å²) in [4.78, 5) is 12.4. The lowest BCUT2D eigenvalue weighted by molar-refractivity contribution is -0.130. The third kappa shape index (κ3) is 4.43. The summed E-state index contributed by atoms with van der Waals surface area (Å²) in [5.41, 5.74) is 6.00. The molecule has 122 valence electrons. The summed E-state index contributed by atoms with van der Waals surface area (Å²) in [6.07, 6.45) is 9.44. The van der Waals surface area contributed by atoms with E-state index >= 15 is 0 Å². The molecule has 0 aliphatic heterocycles. The average Bonchev–Trinajstić information content (AvgIpc) is 2.50. The maximum atomic E-state index is 12.4. The van der Waals surface area contributed by atoms with E-state index in [1.165, 1.54) is 32.1 Å². The minimum absolute atomic E-state index is 0.0234. The molecule has 2 aliphatic carbocycles. The minimum atomic E-state index is 0.0234. The lowest BCUT2D eigenvalue weighted by Gasteiger charge is -2.43. The van der Waals surface area contributed by atoms with Gasteiger partial charge in [-0.1, -0.05) is 26.2 Å². The Morgan fingerprint density at radius 3 is 2.52 bits per heavy atom. The van der Waals surface area contributed by atoms with Crippen molar-refractivity contribution in [2.24, 2.45) is 17.6 Å². The number of hydrogen-bond acceptors (Lipinski definition) is 3. The van der Waals surface area contributed by atoms with Gasteiger partial charge in [-0.05, 0) is 44.9 Å². The smallest absolute Gasteiger partial charge is 0.223 e. The summed E-state index contributed by atoms with van der Waals surface area (Å²) in [5, 5.41) is 3.14. The minimum Gasteiger partial charge on any atom is -0.376 e. The monoisotopic (exact) mass is 296 g/mol. The van der Waals surface area contributed by atoms with Gasteiger partial charge in [-0.25, -0.2) is 0 Å². The third-order valence-corrected chi connectivity index (χ3v) is 5.24. The standard InChI is InChI=1S/C17H32N2O2/c1-3-5-6-12-7-9-13(10-8-12)17(20)19-16-14(18)11-15(16)21-4-2/h12-16H,3-11,18H2,1-2H3,(H,19,20). The Labute approximate surface area is 129 Å². The van der Waals surface area contributed by atoms with Crippen LogP contribution in [0.3, 0.4) is 0 Å². The predicted molar refractivity (Wildman–Crippen MR) is 84.9 cm³/mol. The normalized spacial score (nSPS) is 36.0. The molecule has 2 rings (SSSR count). The van der Waals surface area contributed by atoms with Crippen LogP contribution in [0.2, 0.25) is 0 Å². The van der Waals surface area contributed by atoms with Crippen molar-refractivity contribution in [2.45, 2.75) is 83.4 Å². The molecule has 0 saturated heterocycles. The highest BCUT2D eigenvalue weighted by Gasteiger charge is 2.41. The number of carbonyl (C=O) groups excluding carboxylic acids is 1. The van der Waals surface area contributed by atoms with E-state index in [2.05, 4.69) is 12.2 Å². The van der Waals surface area contributed by atoms with Crippen LogP contribution in [0.4, 0.5) is 0 Å². The lowest BCUT2D eigenvalue weighted by Crippen LogP contribution is -2.65. The van der Waals surface area contributed by atoms with E-state index in [1.54, 1.807) is 0 Å². The molecule has 0 aromatic carbocycles. The van der Waals surface area contributed by atoms with Gasteiger partial charge >= 0.3 is 0 Å². The van der Waals surface area contributed by atoms with Crippen molar-refractivity contribution >= 4 is 5.91 Å². The maximum Gasteiger partial charge on any atom is 0.223 e. The van der Waals surface area contributed by atoms with E-state index in [0.717, 1.165) is 25.2 Å². The SMILES string of the molecule is CCCCC1CCC(C(=O)NC2C(N)CC2OCC)CC1. The van der Waals surface area contributed by atoms with Crippen LogP contribution < -0.4 is 11.1 Å². The van der Waals surface area contributed by atoms with Gasteiger partial charge in [-0.3, -0.25) is 4.79 Å². The molecule has 0 bridgehead atoms. The number of carbonyl (C=O) groups is 1. The Morgan fingerprint density at radius 2 is 1.95 bits per heavy atom. The first-order chi connectivity index (χ1) is 10.2. The van der Waals surface area contributed by atoms with Crippen molar-refractivity contribution in [1.29, 1.82) is 0 Å². The van der Waals surface area contributed by atoms with Crippen molar-refractivity contribution < 1.29 is 9.53 Å². The molecule has 0 heterocycles. The van der Waals surface area contributed by atoms with Crippen LogP contribution >= 0.6 is 0 Å². The molecule has 1 amide bonds. The zero-order valence-corrected chi connectivity index (χ0v) is 13.6. The fourth-order valence-electron chi connectivity index (χ4n) is 3.72. The van der Waals surface area contributed by atoms with Gasteiger partial charge in [0.05, 0.1) is 12.1 Å². The van der Waals surface area contributed by atoms with Crippen molar-refractivity contribution in [3.8, 4) is 0 Å². The predicted octanol–water partition coefficient (Wildman–Crippen LogP) is 2.60. The molecule has 0 radical (unpaired) electrons. The van der Waals surface area contributed by atoms with Crippen LogP contribution in [0, 0.1) is 11.8 Å². The Bertz CT molecular complexity index is 325. The van der Waals surface area contributed by atoms with Gasteiger partial charge in [0.2, 0.25) is 5.91 Å². The van der Waals surface area contributed by atoms with Crippen LogP contribution in [0.1, 0.15) is 65.2 Å². The van der Waals surface area contributed by atoms with E-state index < -0.39 is 0 Å². The van der Waals surface area contributed by atoms with Gasteiger partial charge in [-0.15, -0.1) is 0 Å². The third-order valence-electron chi connectivity index (χ3n) is 5.24. The summed E-state index contributed by atoms with van der Waals surface area (Å²) in [6.45, 7) is 4.92. The molecule has 3 unspecified atom stereocenters. The molecule has 4 nitrogen and oxygen atoms in total. The number of rotatable bonds is 7. The molecule has 0 spiro atoms. The second-order valence-corrected chi connectivity index (χ2v) is 6.79. The van der Waals surface area contributed by atoms with E-state index in [0.29, 0.717) is 6.61 Å². The van der Waals surface area contributed by atoms with Gasteiger partial charge in [0, 0.05) is 18.6 Å². The summed E-state index contributed by atoms with van der Waals surface area (Å²) in [7, 11) is 0. The molecule has 0 aromatic rings. The number of amides is 1. The molecule has 0 aromatic heterocycles. The Balaban J connectivity index is 1.72. The van der Waals surface area contributed by atoms with Gasteiger partial charge in [0.1, 0.15) is 0 Å². The molecule has 21 heavy (non-hydrogen) atoms. The molecule has 2 saturated carbocycles. The van der Waals surface area contributed by atoms with Crippen molar-refractivity contribution in [3.05, 3.63) is 0 Å². The fraction of sp³-hybridized carbons (Fsp3) is 0.941. The summed E-state index contributed by atoms with van der Waals surface area (Å²) in [6, 6.07) is 0.0849. The van der Waals surface area contributed by atoms with Crippen LogP contribution in [-0.4, -0.2) is 30.7 Å². The van der Waals surface area contributed by atoms with E-state index in [4.69, 9.17) is 10.5 Å². The van der Waals surface area contributed by atoms with Crippen molar-refractivity contribution in [3.63, 3.8) is 0 Å². The van der Waals surface area contributed by atoms with Crippen molar-refractivity contribution in [1.82, 2.24) is 5.32 Å². The number of ether oxygens (including phenoxy) is 1. The number of nitrogens with one attached hydrogen (secondary N) is 1. The first-order valence-electron chi connectivity index (χ1n) is 8.83. The first-order valence-corrected chi connectivity index (χ1v) is 8.83. The van der Waals surface area contributed by atoms with E-state index in [-0.39, 0.29) is 30.0 Å². The highest BCUT2D eigenvalue weighted by molar-refractivity contribution is 5.79. The first kappa shape index (κ1) is 16.8. The summed E-state index contributed by atoms with van der Waals surface area (Å²) in [5.74, 6) is 1.24. The summed E-state index contributed by atoms with van der Waals surface area (Å²) >= 11 is 0. The number of nitrogens with two attached hydrogens (primary N) is 1. The lowest BCUT2D eigenvalue weighted by atomic mass is 9.78. The topological polar surface area (TPSA) is 64.4 Å². The van der Waals surface area contributed by atoms with Gasteiger partial charge < -0.3 is 15.8 Å². The molecular formula is C17H32N2O2. The molecular weight excluding hydrogens is 264 g/mol. The van der Waals surface area contributed by atoms with Gasteiger partial charge in [0.15, 0.2) is 0 Å². The Hall–Kier alpha value is -0.610. The molecule has 3 N–H and O–H groups in total. The van der Waals surface area contributed by atoms with E-state index in [1.807, 2.05) is 6.92 Å². The van der Waals surface area contributed by atoms with E-state index in [9.17, 15) is 4.79 Å². The second kappa shape index (κ2) is 8.14.